The van der Waals surface area contributed by atoms with Gasteiger partial charge in [0.1, 0.15) is 0 Å². The summed E-state index contributed by atoms with van der Waals surface area (Å²) in [5.74, 6) is 5.18. The number of nitro benzene ring substituents is 1. The van der Waals surface area contributed by atoms with Crippen LogP contribution in [0.5, 0.6) is 0 Å². The Hall–Kier alpha value is -1.68. The normalized spacial score (nSPS) is 10.7. The highest BCUT2D eigenvalue weighted by atomic mass is 32.1. The molecule has 0 N–H and O–H groups in total. The van der Waals surface area contributed by atoms with Gasteiger partial charge >= 0.3 is 6.18 Å². The van der Waals surface area contributed by atoms with Gasteiger partial charge in [0.15, 0.2) is 0 Å². The van der Waals surface area contributed by atoms with Gasteiger partial charge in [-0.25, -0.2) is 0 Å². The highest BCUT2D eigenvalue weighted by molar-refractivity contribution is 7.80. The van der Waals surface area contributed by atoms with Crippen molar-refractivity contribution in [3.05, 3.63) is 39.4 Å². The molecule has 1 aromatic carbocycles. The SMILES string of the molecule is O=[N+]([O-])c1ccc(C(F)(F)F)c(C#CCCS)c1. The standard InChI is InChI=1S/C11H8F3NO2S/c12-11(13,14)10-5-4-9(15(16)17)7-8(10)3-1-2-6-18/h4-5,7,18H,2,6H2. The van der Waals surface area contributed by atoms with E-state index >= 15 is 0 Å². The molecule has 18 heavy (non-hydrogen) atoms. The molecule has 0 saturated carbocycles. The third kappa shape index (κ3) is 3.67. The molecule has 7 heteroatoms. The molecule has 0 aliphatic heterocycles. The van der Waals surface area contributed by atoms with Crippen LogP contribution in [0, 0.1) is 22.0 Å². The minimum atomic E-state index is -4.58. The summed E-state index contributed by atoms with van der Waals surface area (Å²) < 4.78 is 37.9. The minimum Gasteiger partial charge on any atom is -0.258 e. The summed E-state index contributed by atoms with van der Waals surface area (Å²) in [6.45, 7) is 0. The fourth-order valence-corrected chi connectivity index (χ4v) is 1.32. The summed E-state index contributed by atoms with van der Waals surface area (Å²) in [4.78, 5) is 9.75. The Labute approximate surface area is 107 Å². The monoisotopic (exact) mass is 275 g/mol. The summed E-state index contributed by atoms with van der Waals surface area (Å²) in [5.41, 5.74) is -1.78. The second-order valence-corrected chi connectivity index (χ2v) is 3.71. The minimum absolute atomic E-state index is 0.309. The molecule has 0 atom stereocenters. The van der Waals surface area contributed by atoms with Crippen molar-refractivity contribution in [1.29, 1.82) is 0 Å². The van der Waals surface area contributed by atoms with Crippen LogP contribution in [0.15, 0.2) is 18.2 Å². The van der Waals surface area contributed by atoms with Gasteiger partial charge < -0.3 is 0 Å². The second-order valence-electron chi connectivity index (χ2n) is 3.26. The molecule has 0 heterocycles. The van der Waals surface area contributed by atoms with Crippen molar-refractivity contribution in [2.45, 2.75) is 12.6 Å². The molecule has 0 bridgehead atoms. The number of benzene rings is 1. The lowest BCUT2D eigenvalue weighted by atomic mass is 10.1. The Kier molecular flexibility index (Phi) is 4.62. The van der Waals surface area contributed by atoms with Gasteiger partial charge in [-0.1, -0.05) is 11.8 Å². The van der Waals surface area contributed by atoms with Crippen LogP contribution in [0.25, 0.3) is 0 Å². The molecule has 0 aliphatic carbocycles. The highest BCUT2D eigenvalue weighted by Gasteiger charge is 2.33. The van der Waals surface area contributed by atoms with Crippen molar-refractivity contribution in [3.63, 3.8) is 0 Å². The van der Waals surface area contributed by atoms with E-state index in [1.165, 1.54) is 0 Å². The van der Waals surface area contributed by atoms with Crippen LogP contribution in [0.1, 0.15) is 17.5 Å². The number of alkyl halides is 3. The number of rotatable bonds is 2. The third-order valence-electron chi connectivity index (χ3n) is 1.98. The van der Waals surface area contributed by atoms with Crippen molar-refractivity contribution in [2.24, 2.45) is 0 Å². The number of hydrogen-bond donors (Lipinski definition) is 1. The Morgan fingerprint density at radius 2 is 2.06 bits per heavy atom. The number of non-ortho nitro benzene ring substituents is 1. The van der Waals surface area contributed by atoms with Crippen LogP contribution in [-0.4, -0.2) is 10.7 Å². The smallest absolute Gasteiger partial charge is 0.258 e. The predicted molar refractivity (Wildman–Crippen MR) is 63.4 cm³/mol. The maximum absolute atomic E-state index is 12.6. The number of halogens is 3. The summed E-state index contributed by atoms with van der Waals surface area (Å²) in [5, 5.41) is 10.5. The molecule has 0 unspecified atom stereocenters. The first-order valence-corrected chi connectivity index (χ1v) is 5.45. The molecule has 0 radical (unpaired) electrons. The van der Waals surface area contributed by atoms with E-state index in [1.807, 2.05) is 0 Å². The van der Waals surface area contributed by atoms with Gasteiger partial charge in [-0.05, 0) is 6.07 Å². The topological polar surface area (TPSA) is 43.1 Å². The molecule has 96 valence electrons. The van der Waals surface area contributed by atoms with Gasteiger partial charge in [0.25, 0.3) is 5.69 Å². The highest BCUT2D eigenvalue weighted by Crippen LogP contribution is 2.33. The Bertz CT molecular complexity index is 517. The summed E-state index contributed by atoms with van der Waals surface area (Å²) in [7, 11) is 0. The summed E-state index contributed by atoms with van der Waals surface area (Å²) >= 11 is 3.87. The van der Waals surface area contributed by atoms with Crippen LogP contribution < -0.4 is 0 Å². The van der Waals surface area contributed by atoms with Crippen LogP contribution in [0.2, 0.25) is 0 Å². The Morgan fingerprint density at radius 1 is 1.39 bits per heavy atom. The van der Waals surface area contributed by atoms with E-state index in [0.717, 1.165) is 12.1 Å². The Morgan fingerprint density at radius 3 is 2.56 bits per heavy atom. The number of hydrogen-bond acceptors (Lipinski definition) is 3. The molecular weight excluding hydrogens is 267 g/mol. The quantitative estimate of drug-likeness (QED) is 0.389. The third-order valence-corrected chi connectivity index (χ3v) is 2.20. The first-order chi connectivity index (χ1) is 8.36. The molecular formula is C11H8F3NO2S. The van der Waals surface area contributed by atoms with Crippen LogP contribution in [-0.2, 0) is 6.18 Å². The molecule has 0 saturated heterocycles. The molecule has 3 nitrogen and oxygen atoms in total. The molecule has 0 aliphatic rings. The Balaban J connectivity index is 3.28. The van der Waals surface area contributed by atoms with Crippen molar-refractivity contribution >= 4 is 18.3 Å². The van der Waals surface area contributed by atoms with E-state index in [9.17, 15) is 23.3 Å². The van der Waals surface area contributed by atoms with Crippen LogP contribution in [0.3, 0.4) is 0 Å². The first kappa shape index (κ1) is 14.4. The zero-order chi connectivity index (χ0) is 13.8. The molecule has 0 spiro atoms. The summed E-state index contributed by atoms with van der Waals surface area (Å²) in [6, 6.07) is 2.31. The van der Waals surface area contributed by atoms with Gasteiger partial charge in [-0.2, -0.15) is 25.8 Å². The zero-order valence-electron chi connectivity index (χ0n) is 8.99. The van der Waals surface area contributed by atoms with Gasteiger partial charge in [0.05, 0.1) is 10.5 Å². The fraction of sp³-hybridized carbons (Fsp3) is 0.273. The number of nitrogens with zero attached hydrogens (tertiary/aromatic N) is 1. The molecule has 1 rings (SSSR count). The average Bonchev–Trinajstić information content (AvgIpc) is 2.27. The van der Waals surface area contributed by atoms with Gasteiger partial charge in [-0.15, -0.1) is 0 Å². The van der Waals surface area contributed by atoms with E-state index in [1.54, 1.807) is 0 Å². The summed E-state index contributed by atoms with van der Waals surface area (Å²) in [6.07, 6.45) is -4.27. The van der Waals surface area contributed by atoms with E-state index in [0.29, 0.717) is 18.2 Å². The zero-order valence-corrected chi connectivity index (χ0v) is 9.89. The van der Waals surface area contributed by atoms with E-state index in [4.69, 9.17) is 0 Å². The van der Waals surface area contributed by atoms with Crippen molar-refractivity contribution in [1.82, 2.24) is 0 Å². The molecule has 1 aromatic rings. The van der Waals surface area contributed by atoms with E-state index in [2.05, 4.69) is 24.5 Å². The van der Waals surface area contributed by atoms with Crippen molar-refractivity contribution in [3.8, 4) is 11.8 Å². The van der Waals surface area contributed by atoms with Crippen molar-refractivity contribution in [2.75, 3.05) is 5.75 Å². The number of nitro groups is 1. The molecule has 0 fully saturated rings. The van der Waals surface area contributed by atoms with Gasteiger partial charge in [0, 0.05) is 29.9 Å². The maximum Gasteiger partial charge on any atom is 0.417 e. The lowest BCUT2D eigenvalue weighted by molar-refractivity contribution is -0.384. The van der Waals surface area contributed by atoms with Gasteiger partial charge in [-0.3, -0.25) is 10.1 Å². The lowest BCUT2D eigenvalue weighted by Crippen LogP contribution is -2.08. The van der Waals surface area contributed by atoms with E-state index < -0.39 is 27.9 Å². The van der Waals surface area contributed by atoms with E-state index in [-0.39, 0.29) is 0 Å². The van der Waals surface area contributed by atoms with Crippen molar-refractivity contribution < 1.29 is 18.1 Å². The average molecular weight is 275 g/mol. The number of thiol groups is 1. The fourth-order valence-electron chi connectivity index (χ4n) is 1.21. The predicted octanol–water partition coefficient (Wildman–Crippen LogP) is 3.29. The van der Waals surface area contributed by atoms with Gasteiger partial charge in [0.2, 0.25) is 0 Å². The second kappa shape index (κ2) is 5.78. The van der Waals surface area contributed by atoms with Crippen LogP contribution in [0.4, 0.5) is 18.9 Å². The molecule has 0 aromatic heterocycles. The molecule has 0 amide bonds. The first-order valence-electron chi connectivity index (χ1n) is 4.81. The lowest BCUT2D eigenvalue weighted by Gasteiger charge is -2.08. The van der Waals surface area contributed by atoms with Crippen LogP contribution >= 0.6 is 12.6 Å². The maximum atomic E-state index is 12.6. The largest absolute Gasteiger partial charge is 0.417 e.